The van der Waals surface area contributed by atoms with Gasteiger partial charge in [0.1, 0.15) is 18.1 Å². The Morgan fingerprint density at radius 2 is 1.65 bits per heavy atom. The van der Waals surface area contributed by atoms with E-state index in [1.54, 1.807) is 6.07 Å². The van der Waals surface area contributed by atoms with Crippen LogP contribution in [-0.2, 0) is 18.2 Å². The van der Waals surface area contributed by atoms with Gasteiger partial charge in [0.05, 0.1) is 18.4 Å². The van der Waals surface area contributed by atoms with Crippen molar-refractivity contribution in [2.45, 2.75) is 39.0 Å². The van der Waals surface area contributed by atoms with Gasteiger partial charge in [-0.05, 0) is 59.5 Å². The van der Waals surface area contributed by atoms with E-state index in [4.69, 9.17) is 21.1 Å². The summed E-state index contributed by atoms with van der Waals surface area (Å²) in [6.07, 6.45) is -4.67. The van der Waals surface area contributed by atoms with Crippen LogP contribution in [-0.4, -0.2) is 13.0 Å². The maximum atomic E-state index is 13.4. The first-order valence-corrected chi connectivity index (χ1v) is 10.8. The number of nitrogens with one attached hydrogen (secondary N) is 1. The van der Waals surface area contributed by atoms with Crippen LogP contribution in [0, 0.1) is 0 Å². The van der Waals surface area contributed by atoms with E-state index in [1.807, 2.05) is 24.3 Å². The molecule has 34 heavy (non-hydrogen) atoms. The Balaban J connectivity index is 1.79. The molecule has 0 spiro atoms. The largest absolute Gasteiger partial charge is 0.496 e. The molecule has 180 valence electrons. The van der Waals surface area contributed by atoms with Gasteiger partial charge in [-0.25, -0.2) is 0 Å². The van der Waals surface area contributed by atoms with Gasteiger partial charge in [0.15, 0.2) is 0 Å². The maximum absolute atomic E-state index is 13.4. The van der Waals surface area contributed by atoms with Crippen molar-refractivity contribution in [2.75, 3.05) is 12.4 Å². The van der Waals surface area contributed by atoms with Crippen LogP contribution in [0.15, 0.2) is 60.7 Å². The molecular formula is C26H25ClF3NO3. The monoisotopic (exact) mass is 491 g/mol. The van der Waals surface area contributed by atoms with Gasteiger partial charge in [-0.3, -0.25) is 4.79 Å². The number of hydrogen-bond donors (Lipinski definition) is 1. The molecule has 0 aromatic heterocycles. The van der Waals surface area contributed by atoms with Gasteiger partial charge < -0.3 is 14.8 Å². The Morgan fingerprint density at radius 3 is 2.24 bits per heavy atom. The Kier molecular flexibility index (Phi) is 7.46. The van der Waals surface area contributed by atoms with Gasteiger partial charge in [-0.2, -0.15) is 13.2 Å². The van der Waals surface area contributed by atoms with E-state index in [9.17, 15) is 18.0 Å². The molecule has 0 aliphatic carbocycles. The van der Waals surface area contributed by atoms with Crippen LogP contribution in [0.4, 0.5) is 18.9 Å². The third kappa shape index (κ3) is 6.23. The summed E-state index contributed by atoms with van der Waals surface area (Å²) in [4.78, 5) is 12.7. The third-order valence-corrected chi connectivity index (χ3v) is 5.43. The first kappa shape index (κ1) is 25.4. The zero-order valence-electron chi connectivity index (χ0n) is 19.2. The highest BCUT2D eigenvalue weighted by Crippen LogP contribution is 2.37. The molecule has 0 bridgehead atoms. The number of benzene rings is 3. The van der Waals surface area contributed by atoms with Crippen LogP contribution in [0.3, 0.4) is 0 Å². The van der Waals surface area contributed by atoms with E-state index < -0.39 is 17.6 Å². The summed E-state index contributed by atoms with van der Waals surface area (Å²) in [6.45, 7) is 6.46. The number of halogens is 4. The Hall–Kier alpha value is -3.19. The van der Waals surface area contributed by atoms with Crippen molar-refractivity contribution in [1.29, 1.82) is 0 Å². The minimum absolute atomic E-state index is 0.0134. The van der Waals surface area contributed by atoms with Crippen molar-refractivity contribution in [3.8, 4) is 11.5 Å². The van der Waals surface area contributed by atoms with E-state index in [0.29, 0.717) is 17.1 Å². The number of hydrogen-bond acceptors (Lipinski definition) is 3. The third-order valence-electron chi connectivity index (χ3n) is 5.19. The van der Waals surface area contributed by atoms with E-state index in [-0.39, 0.29) is 28.3 Å². The molecule has 0 saturated heterocycles. The van der Waals surface area contributed by atoms with Crippen LogP contribution >= 0.6 is 11.6 Å². The first-order valence-electron chi connectivity index (χ1n) is 10.5. The molecule has 1 N–H and O–H groups in total. The summed E-state index contributed by atoms with van der Waals surface area (Å²) in [5, 5.41) is 2.24. The second kappa shape index (κ2) is 9.97. The molecule has 8 heteroatoms. The highest BCUT2D eigenvalue weighted by atomic mass is 35.5. The lowest BCUT2D eigenvalue weighted by Gasteiger charge is -2.19. The molecule has 3 aromatic carbocycles. The molecule has 4 nitrogen and oxygen atoms in total. The minimum Gasteiger partial charge on any atom is -0.496 e. The molecule has 1 amide bonds. The molecule has 0 saturated carbocycles. The summed E-state index contributed by atoms with van der Waals surface area (Å²) in [5.74, 6) is 0.428. The number of alkyl halides is 3. The number of ether oxygens (including phenoxy) is 2. The number of anilines is 1. The molecule has 0 aliphatic rings. The normalized spacial score (nSPS) is 11.8. The van der Waals surface area contributed by atoms with Gasteiger partial charge in [0, 0.05) is 16.1 Å². The fourth-order valence-electron chi connectivity index (χ4n) is 3.30. The average molecular weight is 492 g/mol. The molecule has 0 unspecified atom stereocenters. The topological polar surface area (TPSA) is 47.6 Å². The van der Waals surface area contributed by atoms with Crippen LogP contribution in [0.2, 0.25) is 5.02 Å². The van der Waals surface area contributed by atoms with Crippen molar-refractivity contribution in [2.24, 2.45) is 0 Å². The molecule has 0 atom stereocenters. The van der Waals surface area contributed by atoms with Crippen LogP contribution in [0.5, 0.6) is 11.5 Å². The fourth-order valence-corrected chi connectivity index (χ4v) is 3.47. The van der Waals surface area contributed by atoms with Crippen molar-refractivity contribution < 1.29 is 27.4 Å². The lowest BCUT2D eigenvalue weighted by molar-refractivity contribution is -0.136. The molecular weight excluding hydrogens is 467 g/mol. The summed E-state index contributed by atoms with van der Waals surface area (Å²) < 4.78 is 51.3. The van der Waals surface area contributed by atoms with Crippen LogP contribution in [0.25, 0.3) is 0 Å². The van der Waals surface area contributed by atoms with E-state index >= 15 is 0 Å². The maximum Gasteiger partial charge on any atom is 0.418 e. The van der Waals surface area contributed by atoms with E-state index in [0.717, 1.165) is 17.7 Å². The molecule has 0 radical (unpaired) electrons. The summed E-state index contributed by atoms with van der Waals surface area (Å²) >= 11 is 5.71. The van der Waals surface area contributed by atoms with Crippen molar-refractivity contribution in [1.82, 2.24) is 0 Å². The van der Waals surface area contributed by atoms with Gasteiger partial charge in [0.25, 0.3) is 5.91 Å². The molecule has 0 aliphatic heterocycles. The predicted octanol–water partition coefficient (Wildman–Crippen LogP) is 7.50. The van der Waals surface area contributed by atoms with E-state index in [2.05, 4.69) is 26.1 Å². The second-order valence-corrected chi connectivity index (χ2v) is 9.17. The lowest BCUT2D eigenvalue weighted by atomic mass is 9.87. The minimum atomic E-state index is -4.67. The molecule has 0 heterocycles. The van der Waals surface area contributed by atoms with Crippen molar-refractivity contribution >= 4 is 23.2 Å². The van der Waals surface area contributed by atoms with Crippen LogP contribution < -0.4 is 14.8 Å². The Bertz CT molecular complexity index is 1170. The van der Waals surface area contributed by atoms with Crippen LogP contribution in [0.1, 0.15) is 47.8 Å². The zero-order valence-corrected chi connectivity index (χ0v) is 20.0. The quantitative estimate of drug-likeness (QED) is 0.388. The summed E-state index contributed by atoms with van der Waals surface area (Å²) in [6, 6.07) is 15.5. The lowest BCUT2D eigenvalue weighted by Crippen LogP contribution is -2.17. The zero-order chi connectivity index (χ0) is 25.1. The summed E-state index contributed by atoms with van der Waals surface area (Å²) in [5.41, 5.74) is 0.502. The SMILES string of the molecule is COc1ccc(C(=O)Nc2ccc(Cl)cc2C(F)(F)F)cc1COc1ccc(C(C)(C)C)cc1. The first-order chi connectivity index (χ1) is 15.9. The highest BCUT2D eigenvalue weighted by Gasteiger charge is 2.34. The number of rotatable bonds is 6. The van der Waals surface area contributed by atoms with Gasteiger partial charge in [-0.1, -0.05) is 44.5 Å². The van der Waals surface area contributed by atoms with Gasteiger partial charge in [-0.15, -0.1) is 0 Å². The smallest absolute Gasteiger partial charge is 0.418 e. The number of methoxy groups -OCH3 is 1. The predicted molar refractivity (Wildman–Crippen MR) is 127 cm³/mol. The molecule has 3 rings (SSSR count). The fraction of sp³-hybridized carbons (Fsp3) is 0.269. The average Bonchev–Trinajstić information content (AvgIpc) is 2.77. The molecule has 0 fully saturated rings. The summed E-state index contributed by atoms with van der Waals surface area (Å²) in [7, 11) is 1.49. The van der Waals surface area contributed by atoms with Crippen molar-refractivity contribution in [3.05, 3.63) is 87.9 Å². The Morgan fingerprint density at radius 1 is 0.971 bits per heavy atom. The highest BCUT2D eigenvalue weighted by molar-refractivity contribution is 6.30. The number of amides is 1. The van der Waals surface area contributed by atoms with Gasteiger partial charge in [0.2, 0.25) is 0 Å². The molecule has 3 aromatic rings. The Labute approximate surface area is 201 Å². The second-order valence-electron chi connectivity index (χ2n) is 8.73. The van der Waals surface area contributed by atoms with Crippen molar-refractivity contribution in [3.63, 3.8) is 0 Å². The standard InChI is InChI=1S/C26H25ClF3NO3/c1-25(2,3)18-6-9-20(10-7-18)34-15-17-13-16(5-12-23(17)33-4)24(32)31-22-11-8-19(27)14-21(22)26(28,29)30/h5-14H,15H2,1-4H3,(H,31,32). The van der Waals surface area contributed by atoms with E-state index in [1.165, 1.54) is 25.3 Å². The van der Waals surface area contributed by atoms with Gasteiger partial charge >= 0.3 is 6.18 Å². The number of carbonyl (C=O) groups is 1. The number of carbonyl (C=O) groups excluding carboxylic acids is 1.